The Balaban J connectivity index is 2.28. The summed E-state index contributed by atoms with van der Waals surface area (Å²) in [7, 11) is 1.61. The molecule has 0 saturated carbocycles. The number of methoxy groups -OCH3 is 1. The molecular weight excluding hydrogens is 312 g/mol. The second-order valence-electron chi connectivity index (χ2n) is 3.89. The van der Waals surface area contributed by atoms with E-state index in [2.05, 4.69) is 26.6 Å². The zero-order valence-electron chi connectivity index (χ0n) is 10.7. The van der Waals surface area contributed by atoms with Crippen molar-refractivity contribution in [1.29, 1.82) is 0 Å². The maximum atomic E-state index is 11.7. The van der Waals surface area contributed by atoms with Crippen LogP contribution in [0, 0.1) is 0 Å². The van der Waals surface area contributed by atoms with Gasteiger partial charge in [0, 0.05) is 30.3 Å². The second-order valence-corrected chi connectivity index (χ2v) is 4.81. The van der Waals surface area contributed by atoms with Crippen molar-refractivity contribution < 1.29 is 14.3 Å². The second kappa shape index (κ2) is 8.66. The van der Waals surface area contributed by atoms with E-state index in [0.717, 1.165) is 10.9 Å². The van der Waals surface area contributed by atoms with Gasteiger partial charge in [-0.3, -0.25) is 9.59 Å². The van der Waals surface area contributed by atoms with E-state index in [-0.39, 0.29) is 18.4 Å². The number of halogens is 1. The van der Waals surface area contributed by atoms with Crippen LogP contribution in [0.25, 0.3) is 0 Å². The number of rotatable bonds is 7. The standard InChI is InChI=1S/C13H17BrN2O3/c1-19-7-3-6-15-12(17)9-16-13(18)10-4-2-5-11(14)8-10/h2,4-5,8H,3,6-7,9H2,1H3,(H,15,17)(H,16,18). The molecule has 0 aliphatic heterocycles. The topological polar surface area (TPSA) is 67.4 Å². The molecule has 5 nitrogen and oxygen atoms in total. The highest BCUT2D eigenvalue weighted by Gasteiger charge is 2.07. The van der Waals surface area contributed by atoms with Gasteiger partial charge < -0.3 is 15.4 Å². The molecule has 2 amide bonds. The number of benzene rings is 1. The van der Waals surface area contributed by atoms with Crippen molar-refractivity contribution in [3.63, 3.8) is 0 Å². The third-order valence-corrected chi connectivity index (χ3v) is 2.84. The van der Waals surface area contributed by atoms with Gasteiger partial charge >= 0.3 is 0 Å². The number of carbonyl (C=O) groups is 2. The first-order chi connectivity index (χ1) is 9.13. The van der Waals surface area contributed by atoms with Crippen molar-refractivity contribution in [2.24, 2.45) is 0 Å². The molecule has 1 aromatic carbocycles. The Hall–Kier alpha value is -1.40. The van der Waals surface area contributed by atoms with Crippen LogP contribution in [0.1, 0.15) is 16.8 Å². The lowest BCUT2D eigenvalue weighted by Crippen LogP contribution is -2.37. The van der Waals surface area contributed by atoms with Crippen LogP contribution in [0.2, 0.25) is 0 Å². The van der Waals surface area contributed by atoms with Crippen molar-refractivity contribution in [2.75, 3.05) is 26.8 Å². The minimum Gasteiger partial charge on any atom is -0.385 e. The van der Waals surface area contributed by atoms with Gasteiger partial charge in [-0.1, -0.05) is 22.0 Å². The molecule has 0 unspecified atom stereocenters. The summed E-state index contributed by atoms with van der Waals surface area (Å²) in [4.78, 5) is 23.2. The van der Waals surface area contributed by atoms with E-state index < -0.39 is 0 Å². The molecule has 19 heavy (non-hydrogen) atoms. The Morgan fingerprint density at radius 1 is 1.32 bits per heavy atom. The number of amides is 2. The zero-order chi connectivity index (χ0) is 14.1. The maximum Gasteiger partial charge on any atom is 0.251 e. The zero-order valence-corrected chi connectivity index (χ0v) is 12.3. The van der Waals surface area contributed by atoms with Crippen LogP contribution in [0.3, 0.4) is 0 Å². The van der Waals surface area contributed by atoms with Crippen molar-refractivity contribution in [2.45, 2.75) is 6.42 Å². The SMILES string of the molecule is COCCCNC(=O)CNC(=O)c1cccc(Br)c1. The molecule has 1 rings (SSSR count). The molecule has 0 aromatic heterocycles. The first-order valence-corrected chi connectivity index (χ1v) is 6.72. The van der Waals surface area contributed by atoms with Crippen LogP contribution in [-0.4, -0.2) is 38.6 Å². The Morgan fingerprint density at radius 3 is 2.79 bits per heavy atom. The van der Waals surface area contributed by atoms with Crippen LogP contribution in [0.5, 0.6) is 0 Å². The highest BCUT2D eigenvalue weighted by molar-refractivity contribution is 9.10. The third kappa shape index (κ3) is 6.35. The lowest BCUT2D eigenvalue weighted by Gasteiger charge is -2.07. The van der Waals surface area contributed by atoms with Gasteiger partial charge in [-0.05, 0) is 24.6 Å². The molecule has 0 radical (unpaired) electrons. The van der Waals surface area contributed by atoms with E-state index in [9.17, 15) is 9.59 Å². The molecule has 0 atom stereocenters. The van der Waals surface area contributed by atoms with E-state index in [4.69, 9.17) is 4.74 Å². The molecule has 0 heterocycles. The highest BCUT2D eigenvalue weighted by Crippen LogP contribution is 2.11. The monoisotopic (exact) mass is 328 g/mol. The highest BCUT2D eigenvalue weighted by atomic mass is 79.9. The Kier molecular flexibility index (Phi) is 7.14. The van der Waals surface area contributed by atoms with Gasteiger partial charge in [0.15, 0.2) is 0 Å². The van der Waals surface area contributed by atoms with Gasteiger partial charge in [0.1, 0.15) is 0 Å². The van der Waals surface area contributed by atoms with Gasteiger partial charge in [-0.25, -0.2) is 0 Å². The minimum absolute atomic E-state index is 0.0294. The van der Waals surface area contributed by atoms with Gasteiger partial charge in [0.25, 0.3) is 5.91 Å². The minimum atomic E-state index is -0.270. The van der Waals surface area contributed by atoms with E-state index in [0.29, 0.717) is 18.7 Å². The molecular formula is C13H17BrN2O3. The number of hydrogen-bond acceptors (Lipinski definition) is 3. The van der Waals surface area contributed by atoms with Crippen molar-refractivity contribution in [3.8, 4) is 0 Å². The lowest BCUT2D eigenvalue weighted by molar-refractivity contribution is -0.120. The smallest absolute Gasteiger partial charge is 0.251 e. The summed E-state index contributed by atoms with van der Waals surface area (Å²) in [6.07, 6.45) is 0.752. The van der Waals surface area contributed by atoms with E-state index in [1.54, 1.807) is 25.3 Å². The number of ether oxygens (including phenoxy) is 1. The molecule has 0 aliphatic carbocycles. The van der Waals surface area contributed by atoms with Gasteiger partial charge in [-0.2, -0.15) is 0 Å². The van der Waals surface area contributed by atoms with Crippen molar-refractivity contribution in [3.05, 3.63) is 34.3 Å². The van der Waals surface area contributed by atoms with Gasteiger partial charge in [0.05, 0.1) is 6.54 Å². The van der Waals surface area contributed by atoms with Crippen LogP contribution < -0.4 is 10.6 Å². The quantitative estimate of drug-likeness (QED) is 0.742. The van der Waals surface area contributed by atoms with Crippen molar-refractivity contribution in [1.82, 2.24) is 10.6 Å². The first-order valence-electron chi connectivity index (χ1n) is 5.93. The summed E-state index contributed by atoms with van der Waals surface area (Å²) in [5.41, 5.74) is 0.515. The molecule has 0 spiro atoms. The lowest BCUT2D eigenvalue weighted by atomic mass is 10.2. The molecule has 104 valence electrons. The molecule has 6 heteroatoms. The average molecular weight is 329 g/mol. The summed E-state index contributed by atoms with van der Waals surface area (Å²) >= 11 is 3.29. The summed E-state index contributed by atoms with van der Waals surface area (Å²) < 4.78 is 5.69. The normalized spacial score (nSPS) is 10.0. The molecule has 1 aromatic rings. The van der Waals surface area contributed by atoms with Gasteiger partial charge in [0.2, 0.25) is 5.91 Å². The molecule has 0 fully saturated rings. The fourth-order valence-corrected chi connectivity index (χ4v) is 1.80. The van der Waals surface area contributed by atoms with Crippen LogP contribution in [0.15, 0.2) is 28.7 Å². The third-order valence-electron chi connectivity index (χ3n) is 2.34. The average Bonchev–Trinajstić information content (AvgIpc) is 2.41. The van der Waals surface area contributed by atoms with Crippen LogP contribution in [0.4, 0.5) is 0 Å². The summed E-state index contributed by atoms with van der Waals surface area (Å²) in [6, 6.07) is 6.99. The van der Waals surface area contributed by atoms with E-state index >= 15 is 0 Å². The van der Waals surface area contributed by atoms with E-state index in [1.807, 2.05) is 6.07 Å². The maximum absolute atomic E-state index is 11.7. The number of carbonyl (C=O) groups excluding carboxylic acids is 2. The van der Waals surface area contributed by atoms with Gasteiger partial charge in [-0.15, -0.1) is 0 Å². The van der Waals surface area contributed by atoms with Crippen LogP contribution >= 0.6 is 15.9 Å². The molecule has 2 N–H and O–H groups in total. The molecule has 0 saturated heterocycles. The van der Waals surface area contributed by atoms with E-state index in [1.165, 1.54) is 0 Å². The fourth-order valence-electron chi connectivity index (χ4n) is 1.40. The molecule has 0 bridgehead atoms. The predicted octanol–water partition coefficient (Wildman–Crippen LogP) is 1.33. The Bertz CT molecular complexity index is 438. The summed E-state index contributed by atoms with van der Waals surface area (Å²) in [5, 5.41) is 5.26. The van der Waals surface area contributed by atoms with Crippen molar-refractivity contribution >= 4 is 27.7 Å². The summed E-state index contributed by atoms with van der Waals surface area (Å²) in [6.45, 7) is 1.11. The Labute approximate surface area is 120 Å². The van der Waals surface area contributed by atoms with Crippen LogP contribution in [-0.2, 0) is 9.53 Å². The Morgan fingerprint density at radius 2 is 2.11 bits per heavy atom. The summed E-state index contributed by atoms with van der Waals surface area (Å²) in [5.74, 6) is -0.479. The number of hydrogen-bond donors (Lipinski definition) is 2. The fraction of sp³-hybridized carbons (Fsp3) is 0.385. The molecule has 0 aliphatic rings. The predicted molar refractivity (Wildman–Crippen MR) is 76.0 cm³/mol. The first kappa shape index (κ1) is 15.7. The largest absolute Gasteiger partial charge is 0.385 e. The number of nitrogens with one attached hydrogen (secondary N) is 2.